The van der Waals surface area contributed by atoms with Gasteiger partial charge in [0.05, 0.1) is 16.9 Å². The quantitative estimate of drug-likeness (QED) is 0.0364. The molecule has 0 aliphatic carbocycles. The summed E-state index contributed by atoms with van der Waals surface area (Å²) in [6, 6.07) is -1.15. The molecule has 0 spiro atoms. The van der Waals surface area contributed by atoms with Crippen LogP contribution in [0.2, 0.25) is 0 Å². The highest BCUT2D eigenvalue weighted by Gasteiger charge is 3.03. The van der Waals surface area contributed by atoms with Gasteiger partial charge >= 0.3 is 125 Å². The van der Waals surface area contributed by atoms with Gasteiger partial charge < -0.3 is 10.1 Å². The third-order valence-electron chi connectivity index (χ3n) is 10.4. The second-order valence-corrected chi connectivity index (χ2v) is 15.4. The molecule has 0 bridgehead atoms. The van der Waals surface area contributed by atoms with E-state index in [2.05, 4.69) is 14.7 Å². The summed E-state index contributed by atoms with van der Waals surface area (Å²) in [6.07, 6.45) is -8.06. The van der Waals surface area contributed by atoms with Crippen LogP contribution in [0.3, 0.4) is 0 Å². The molecule has 1 amide bonds. The SMILES string of the molecule is CC(=O)OCNC(=O)c1c(C(F)(F)C(F)(F)C(F)(F)C(F)(F)C(F)(F)C(F)(F)C(F)(F)C(F)(F)C(F)(F)C(F)(F)C(F)(F)C(F)(F)C(F)(F)C(F)(F)C(F)(F)C(F)(F)C(F)(F)C(F)(F)C(F)(F)C(F)(F)F)cc(N=C=O)c(C)c1N=C=O. The molecule has 0 radical (unpaired) electrons. The lowest BCUT2D eigenvalue weighted by atomic mass is 9.81. The lowest BCUT2D eigenvalue weighted by molar-refractivity contribution is -0.495. The maximum atomic E-state index is 15.6. The van der Waals surface area contributed by atoms with E-state index in [1.165, 1.54) is 0 Å². The molecular formula is C33H10F41N3O5. The maximum absolute atomic E-state index is 15.6. The van der Waals surface area contributed by atoms with Crippen molar-refractivity contribution in [2.24, 2.45) is 9.98 Å². The monoisotopic (exact) mass is 1310 g/mol. The van der Waals surface area contributed by atoms with Crippen LogP contribution in [0.1, 0.15) is 28.4 Å². The maximum Gasteiger partial charge on any atom is 0.460 e. The van der Waals surface area contributed by atoms with E-state index < -0.39 is 171 Å². The summed E-state index contributed by atoms with van der Waals surface area (Å²) in [4.78, 5) is 50.1. The summed E-state index contributed by atoms with van der Waals surface area (Å²) in [6.45, 7) is -1.12. The van der Waals surface area contributed by atoms with E-state index in [9.17, 15) is 182 Å². The summed E-state index contributed by atoms with van der Waals surface area (Å²) < 4.78 is 585. The fraction of sp³-hybridized carbons (Fsp3) is 0.697. The lowest BCUT2D eigenvalue weighted by Gasteiger charge is -2.47. The number of hydrogen-bond donors (Lipinski definition) is 1. The number of esters is 1. The van der Waals surface area contributed by atoms with Gasteiger partial charge in [0.1, 0.15) is 0 Å². The Bertz CT molecular complexity index is 2710. The number of alkyl halides is 41. The molecule has 1 aromatic rings. The fourth-order valence-corrected chi connectivity index (χ4v) is 5.57. The van der Waals surface area contributed by atoms with Crippen molar-refractivity contribution >= 4 is 35.4 Å². The number of nitrogens with one attached hydrogen (secondary N) is 1. The first-order valence-electron chi connectivity index (χ1n) is 18.4. The zero-order valence-corrected chi connectivity index (χ0v) is 36.7. The number of nitrogens with zero attached hydrogens (tertiary/aromatic N) is 2. The molecule has 0 aliphatic heterocycles. The van der Waals surface area contributed by atoms with Crippen molar-refractivity contribution in [2.45, 2.75) is 133 Å². The van der Waals surface area contributed by atoms with Crippen LogP contribution in [-0.4, -0.2) is 144 Å². The van der Waals surface area contributed by atoms with Crippen molar-refractivity contribution in [3.8, 4) is 0 Å². The van der Waals surface area contributed by atoms with Gasteiger partial charge in [-0.1, -0.05) is 0 Å². The normalized spacial score (nSPS) is 15.6. The van der Waals surface area contributed by atoms with Crippen molar-refractivity contribution in [3.05, 3.63) is 22.8 Å². The second-order valence-electron chi connectivity index (χ2n) is 15.4. The van der Waals surface area contributed by atoms with E-state index in [0.717, 1.165) is 5.32 Å². The van der Waals surface area contributed by atoms with Crippen LogP contribution in [0.25, 0.3) is 0 Å². The number of amides is 1. The Morgan fingerprint density at radius 1 is 0.402 bits per heavy atom. The van der Waals surface area contributed by atoms with Gasteiger partial charge in [-0.05, 0) is 13.0 Å². The van der Waals surface area contributed by atoms with E-state index in [4.69, 9.17) is 0 Å². The number of ether oxygens (including phenoxy) is 1. The molecule has 0 heterocycles. The van der Waals surface area contributed by atoms with Crippen molar-refractivity contribution in [1.82, 2.24) is 5.32 Å². The highest BCUT2D eigenvalue weighted by atomic mass is 19.4. The van der Waals surface area contributed by atoms with Gasteiger partial charge in [0, 0.05) is 18.1 Å². The number of halogens is 41. The van der Waals surface area contributed by atoms with Crippen LogP contribution >= 0.6 is 0 Å². The zero-order valence-electron chi connectivity index (χ0n) is 36.7. The van der Waals surface area contributed by atoms with E-state index in [1.54, 1.807) is 0 Å². The fourth-order valence-electron chi connectivity index (χ4n) is 5.57. The van der Waals surface area contributed by atoms with Gasteiger partial charge in [-0.15, -0.1) is 0 Å². The first kappa shape index (κ1) is 74.1. The number of carbonyl (C=O) groups is 2. The average molecular weight is 1310 g/mol. The van der Waals surface area contributed by atoms with E-state index >= 15 is 17.6 Å². The number of carbonyl (C=O) groups excluding carboxylic acids is 4. The topological polar surface area (TPSA) is 114 Å². The Morgan fingerprint density at radius 2 is 0.634 bits per heavy atom. The Labute approximate surface area is 417 Å². The van der Waals surface area contributed by atoms with Crippen LogP contribution in [-0.2, 0) is 25.0 Å². The Balaban J connectivity index is 4.36. The van der Waals surface area contributed by atoms with E-state index in [-0.39, 0.29) is 19.1 Å². The smallest absolute Gasteiger partial charge is 0.445 e. The first-order chi connectivity index (χ1) is 35.4. The van der Waals surface area contributed by atoms with E-state index in [1.807, 2.05) is 0 Å². The Morgan fingerprint density at radius 3 is 0.854 bits per heavy atom. The first-order valence-corrected chi connectivity index (χ1v) is 18.4. The number of benzene rings is 1. The zero-order chi connectivity index (χ0) is 66.7. The van der Waals surface area contributed by atoms with Crippen LogP contribution in [0.4, 0.5) is 191 Å². The largest absolute Gasteiger partial charge is 0.460 e. The molecular weight excluding hydrogens is 1300 g/mol. The summed E-state index contributed by atoms with van der Waals surface area (Å²) in [5.74, 6) is -197. The van der Waals surface area contributed by atoms with Crippen LogP contribution in [0.15, 0.2) is 16.1 Å². The molecule has 0 saturated carbocycles. The number of rotatable bonds is 24. The minimum atomic E-state index is -10.7. The molecule has 8 nitrogen and oxygen atoms in total. The molecule has 1 aromatic carbocycles. The van der Waals surface area contributed by atoms with Gasteiger partial charge in [0.25, 0.3) is 5.91 Å². The predicted octanol–water partition coefficient (Wildman–Crippen LogP) is 14.3. The van der Waals surface area contributed by atoms with Crippen LogP contribution in [0, 0.1) is 6.92 Å². The molecule has 0 aliphatic rings. The molecule has 1 N–H and O–H groups in total. The third kappa shape index (κ3) is 9.22. The van der Waals surface area contributed by atoms with Gasteiger partial charge in [-0.2, -0.15) is 190 Å². The molecule has 0 aromatic heterocycles. The molecule has 0 fully saturated rings. The Hall–Kier alpha value is -5.95. The molecule has 0 unspecified atom stereocenters. The molecule has 0 atom stereocenters. The van der Waals surface area contributed by atoms with Crippen molar-refractivity contribution in [2.75, 3.05) is 6.73 Å². The minimum Gasteiger partial charge on any atom is -0.445 e. The molecule has 1 rings (SSSR count). The summed E-state index contributed by atoms with van der Waals surface area (Å²) >= 11 is 0. The third-order valence-corrected chi connectivity index (χ3v) is 10.4. The molecule has 474 valence electrons. The second kappa shape index (κ2) is 20.1. The van der Waals surface area contributed by atoms with Crippen molar-refractivity contribution < 1.29 is 204 Å². The highest BCUT2D eigenvalue weighted by molar-refractivity contribution is 6.03. The van der Waals surface area contributed by atoms with Gasteiger partial charge in [0.2, 0.25) is 12.2 Å². The van der Waals surface area contributed by atoms with Crippen molar-refractivity contribution in [1.29, 1.82) is 0 Å². The van der Waals surface area contributed by atoms with Gasteiger partial charge in [-0.25, -0.2) is 9.59 Å². The number of isocyanates is 2. The molecule has 49 heteroatoms. The Kier molecular flexibility index (Phi) is 18.2. The number of hydrogen-bond acceptors (Lipinski definition) is 7. The predicted molar refractivity (Wildman–Crippen MR) is 170 cm³/mol. The molecule has 0 saturated heterocycles. The van der Waals surface area contributed by atoms with Gasteiger partial charge in [0.15, 0.2) is 6.73 Å². The van der Waals surface area contributed by atoms with Gasteiger partial charge in [-0.3, -0.25) is 9.59 Å². The number of aliphatic imine (C=N–C) groups is 2. The molecule has 82 heavy (non-hydrogen) atoms. The summed E-state index contributed by atoms with van der Waals surface area (Å²) in [5.41, 5.74) is -11.9. The lowest BCUT2D eigenvalue weighted by Crippen LogP contribution is -2.80. The average Bonchev–Trinajstić information content (AvgIpc) is 3.28. The van der Waals surface area contributed by atoms with E-state index in [0.29, 0.717) is 6.92 Å². The van der Waals surface area contributed by atoms with Crippen LogP contribution < -0.4 is 5.32 Å². The standard InChI is InChI=1S/C33H10F41N3O5/c1-7-10(75-4-78)3-9(11(12(7)76-5-79)13(81)77-6-82-8(2)80)14(34,35)15(36,37)16(38,39)17(40,41)18(42,43)19(44,45)20(46,47)21(48,49)22(50,51)23(52,53)24(54,55)25(56,57)26(58,59)27(60,61)28(62,63)29(64,65)30(66,67)31(68,69)32(70,71)33(72,73)74/h3H,6H2,1-2H3,(H,77,81). The minimum absolute atomic E-state index is 0.242. The summed E-state index contributed by atoms with van der Waals surface area (Å²) in [7, 11) is 0. The highest BCUT2D eigenvalue weighted by Crippen LogP contribution is 2.72. The van der Waals surface area contributed by atoms with Crippen molar-refractivity contribution in [3.63, 3.8) is 0 Å². The summed E-state index contributed by atoms with van der Waals surface area (Å²) in [5, 5.41) is 1.00. The van der Waals surface area contributed by atoms with Crippen LogP contribution in [0.5, 0.6) is 0 Å².